The van der Waals surface area contributed by atoms with Crippen molar-refractivity contribution in [1.82, 2.24) is 14.9 Å². The number of carbonyl (C=O) groups excluding carboxylic acids is 2. The third kappa shape index (κ3) is 6.42. The monoisotopic (exact) mass is 529 g/mol. The Balaban J connectivity index is 1.20. The molecule has 0 atom stereocenters. The Morgan fingerprint density at radius 2 is 1.79 bits per heavy atom. The van der Waals surface area contributed by atoms with Gasteiger partial charge in [0.15, 0.2) is 0 Å². The van der Waals surface area contributed by atoms with Crippen molar-refractivity contribution in [3.8, 4) is 22.9 Å². The van der Waals surface area contributed by atoms with Crippen molar-refractivity contribution in [1.29, 1.82) is 0 Å². The normalized spacial score (nSPS) is 13.7. The maximum atomic E-state index is 13.9. The zero-order valence-corrected chi connectivity index (χ0v) is 21.3. The van der Waals surface area contributed by atoms with Gasteiger partial charge in [-0.15, -0.1) is 0 Å². The van der Waals surface area contributed by atoms with Gasteiger partial charge in [0.05, 0.1) is 28.7 Å². The number of H-pyrrole nitrogens is 1. The van der Waals surface area contributed by atoms with Crippen LogP contribution < -0.4 is 15.4 Å². The summed E-state index contributed by atoms with van der Waals surface area (Å²) in [4.78, 5) is 34.3. The number of piperidine rings is 1. The van der Waals surface area contributed by atoms with Crippen molar-refractivity contribution >= 4 is 23.3 Å². The van der Waals surface area contributed by atoms with Gasteiger partial charge in [0.1, 0.15) is 17.3 Å². The molecule has 39 heavy (non-hydrogen) atoms. The molecular formula is C29H28FN5O4. The molecule has 4 aromatic rings. The third-order valence-corrected chi connectivity index (χ3v) is 6.41. The smallest absolute Gasteiger partial charge is 0.323 e. The molecule has 5 rings (SSSR count). The molecule has 3 heterocycles. The summed E-state index contributed by atoms with van der Waals surface area (Å²) in [6, 6.07) is 15.9. The fourth-order valence-corrected chi connectivity index (χ4v) is 4.30. The van der Waals surface area contributed by atoms with Crippen molar-refractivity contribution in [2.75, 3.05) is 23.7 Å². The maximum absolute atomic E-state index is 13.9. The first kappa shape index (κ1) is 25.9. The van der Waals surface area contributed by atoms with Gasteiger partial charge >= 0.3 is 6.03 Å². The van der Waals surface area contributed by atoms with E-state index in [1.165, 1.54) is 6.07 Å². The second kappa shape index (κ2) is 11.4. The molecule has 10 heteroatoms. The van der Waals surface area contributed by atoms with Crippen LogP contribution in [0.1, 0.15) is 28.8 Å². The lowest BCUT2D eigenvalue weighted by molar-refractivity contribution is 0.0546. The number of carbonyl (C=O) groups is 2. The Kier molecular flexibility index (Phi) is 7.55. The van der Waals surface area contributed by atoms with Crippen LogP contribution in [0.15, 0.2) is 73.1 Å². The number of aromatic nitrogens is 2. The number of hydrogen-bond acceptors (Lipinski definition) is 5. The summed E-state index contributed by atoms with van der Waals surface area (Å²) in [5, 5.41) is 14.9. The lowest BCUT2D eigenvalue weighted by atomic mass is 10.1. The SMILES string of the molecule is Cc1ccc(F)c(NC(=O)Nc2ccc(Oc3ccnc(-c4cc(C(=O)N5CCC(O)CC5)c[nH]4)c3)cc2)c1. The molecule has 3 amide bonds. The largest absolute Gasteiger partial charge is 0.457 e. The van der Waals surface area contributed by atoms with Crippen LogP contribution >= 0.6 is 0 Å². The van der Waals surface area contributed by atoms with Crippen LogP contribution in [0, 0.1) is 12.7 Å². The van der Waals surface area contributed by atoms with E-state index < -0.39 is 11.8 Å². The number of aryl methyl sites for hydroxylation is 1. The molecule has 0 unspecified atom stereocenters. The summed E-state index contributed by atoms with van der Waals surface area (Å²) >= 11 is 0. The lowest BCUT2D eigenvalue weighted by Crippen LogP contribution is -2.39. The Labute approximate surface area is 224 Å². The number of benzene rings is 2. The van der Waals surface area contributed by atoms with Crippen LogP contribution in [0.25, 0.3) is 11.4 Å². The van der Waals surface area contributed by atoms with Gasteiger partial charge in [-0.1, -0.05) is 6.07 Å². The summed E-state index contributed by atoms with van der Waals surface area (Å²) in [5.74, 6) is 0.489. The first-order chi connectivity index (χ1) is 18.8. The molecule has 1 saturated heterocycles. The summed E-state index contributed by atoms with van der Waals surface area (Å²) in [5.41, 5.74) is 3.26. The quantitative estimate of drug-likeness (QED) is 0.261. The lowest BCUT2D eigenvalue weighted by Gasteiger charge is -2.29. The maximum Gasteiger partial charge on any atom is 0.323 e. The third-order valence-electron chi connectivity index (χ3n) is 6.41. The predicted octanol–water partition coefficient (Wildman–Crippen LogP) is 5.56. The standard InChI is InChI=1S/C29H28FN5O4/c1-18-2-7-24(30)25(14-18)34-29(38)33-20-3-5-22(6-4-20)39-23-8-11-31-27(16-23)26-15-19(17-32-26)28(37)35-12-9-21(36)10-13-35/h2-8,11,14-17,21,32,36H,9-10,12-13H2,1H3,(H2,33,34,38). The molecule has 1 aliphatic heterocycles. The van der Waals surface area contributed by atoms with Gasteiger partial charge in [-0.3, -0.25) is 9.78 Å². The summed E-state index contributed by atoms with van der Waals surface area (Å²) < 4.78 is 19.9. The number of ether oxygens (including phenoxy) is 1. The fourth-order valence-electron chi connectivity index (χ4n) is 4.30. The number of urea groups is 1. The minimum absolute atomic E-state index is 0.0804. The molecular weight excluding hydrogens is 501 g/mol. The first-order valence-corrected chi connectivity index (χ1v) is 12.6. The van der Waals surface area contributed by atoms with Crippen LogP contribution in [0.5, 0.6) is 11.5 Å². The van der Waals surface area contributed by atoms with Gasteiger partial charge in [-0.05, 0) is 73.9 Å². The van der Waals surface area contributed by atoms with Gasteiger partial charge in [0, 0.05) is 37.2 Å². The highest BCUT2D eigenvalue weighted by molar-refractivity contribution is 6.00. The van der Waals surface area contributed by atoms with E-state index in [4.69, 9.17) is 4.74 Å². The molecule has 2 aromatic carbocycles. The molecule has 200 valence electrons. The number of halogens is 1. The zero-order valence-electron chi connectivity index (χ0n) is 21.3. The van der Waals surface area contributed by atoms with Gasteiger partial charge in [0.2, 0.25) is 0 Å². The highest BCUT2D eigenvalue weighted by atomic mass is 19.1. The summed E-state index contributed by atoms with van der Waals surface area (Å²) in [7, 11) is 0. The van der Waals surface area contributed by atoms with Crippen molar-refractivity contribution in [2.45, 2.75) is 25.9 Å². The molecule has 1 fully saturated rings. The number of anilines is 2. The average molecular weight is 530 g/mol. The number of nitrogens with one attached hydrogen (secondary N) is 3. The molecule has 2 aromatic heterocycles. The number of rotatable bonds is 6. The summed E-state index contributed by atoms with van der Waals surface area (Å²) in [6.07, 6.45) is 4.10. The van der Waals surface area contributed by atoms with Crippen LogP contribution in [-0.2, 0) is 0 Å². The second-order valence-electron chi connectivity index (χ2n) is 9.39. The first-order valence-electron chi connectivity index (χ1n) is 12.6. The Morgan fingerprint density at radius 1 is 1.03 bits per heavy atom. The van der Waals surface area contributed by atoms with Gasteiger partial charge < -0.3 is 30.4 Å². The van der Waals surface area contributed by atoms with Gasteiger partial charge in [-0.25, -0.2) is 9.18 Å². The number of aliphatic hydroxyl groups excluding tert-OH is 1. The van der Waals surface area contributed by atoms with Crippen LogP contribution in [0.2, 0.25) is 0 Å². The van der Waals surface area contributed by atoms with E-state index in [1.807, 2.05) is 6.92 Å². The van der Waals surface area contributed by atoms with E-state index in [0.29, 0.717) is 60.1 Å². The molecule has 1 aliphatic rings. The molecule has 0 spiro atoms. The van der Waals surface area contributed by atoms with E-state index in [2.05, 4.69) is 20.6 Å². The summed E-state index contributed by atoms with van der Waals surface area (Å²) in [6.45, 7) is 2.88. The number of hydrogen-bond donors (Lipinski definition) is 4. The highest BCUT2D eigenvalue weighted by Crippen LogP contribution is 2.27. The zero-order chi connectivity index (χ0) is 27.4. The van der Waals surface area contributed by atoms with E-state index >= 15 is 0 Å². The molecule has 0 bridgehead atoms. The molecule has 0 aliphatic carbocycles. The molecule has 0 saturated carbocycles. The molecule has 0 radical (unpaired) electrons. The number of aromatic amines is 1. The number of likely N-dealkylation sites (tertiary alicyclic amines) is 1. The topological polar surface area (TPSA) is 120 Å². The van der Waals surface area contributed by atoms with Crippen molar-refractivity contribution in [3.05, 3.63) is 90.0 Å². The number of amides is 3. The Bertz CT molecular complexity index is 1480. The predicted molar refractivity (Wildman–Crippen MR) is 145 cm³/mol. The van der Waals surface area contributed by atoms with Crippen molar-refractivity contribution in [3.63, 3.8) is 0 Å². The Morgan fingerprint density at radius 3 is 2.56 bits per heavy atom. The average Bonchev–Trinajstić information content (AvgIpc) is 3.43. The van der Waals surface area contributed by atoms with E-state index in [9.17, 15) is 19.1 Å². The highest BCUT2D eigenvalue weighted by Gasteiger charge is 2.23. The van der Waals surface area contributed by atoms with E-state index in [0.717, 1.165) is 5.56 Å². The van der Waals surface area contributed by atoms with E-state index in [-0.39, 0.29) is 17.7 Å². The number of nitrogens with zero attached hydrogens (tertiary/aromatic N) is 2. The molecule has 9 nitrogen and oxygen atoms in total. The van der Waals surface area contributed by atoms with Crippen molar-refractivity contribution < 1.29 is 23.8 Å². The van der Waals surface area contributed by atoms with Gasteiger partial charge in [0.25, 0.3) is 5.91 Å². The van der Waals surface area contributed by atoms with Crippen LogP contribution in [0.3, 0.4) is 0 Å². The van der Waals surface area contributed by atoms with Crippen LogP contribution in [0.4, 0.5) is 20.6 Å². The minimum atomic E-state index is -0.561. The molecule has 4 N–H and O–H groups in total. The number of aliphatic hydroxyl groups is 1. The second-order valence-corrected chi connectivity index (χ2v) is 9.39. The van der Waals surface area contributed by atoms with Gasteiger partial charge in [-0.2, -0.15) is 0 Å². The minimum Gasteiger partial charge on any atom is -0.457 e. The van der Waals surface area contributed by atoms with Crippen LogP contribution in [-0.4, -0.2) is 51.1 Å². The number of pyridine rings is 1. The fraction of sp³-hybridized carbons (Fsp3) is 0.207. The van der Waals surface area contributed by atoms with Crippen molar-refractivity contribution in [2.24, 2.45) is 0 Å². The Hall–Kier alpha value is -4.70. The van der Waals surface area contributed by atoms with E-state index in [1.54, 1.807) is 71.9 Å².